The third-order valence-electron chi connectivity index (χ3n) is 3.81. The van der Waals surface area contributed by atoms with Crippen molar-refractivity contribution in [2.75, 3.05) is 12.5 Å². The van der Waals surface area contributed by atoms with Gasteiger partial charge in [-0.3, -0.25) is 0 Å². The van der Waals surface area contributed by atoms with E-state index in [1.54, 1.807) is 0 Å². The van der Waals surface area contributed by atoms with Gasteiger partial charge in [0.2, 0.25) is 0 Å². The van der Waals surface area contributed by atoms with Gasteiger partial charge in [-0.2, -0.15) is 0 Å². The molecule has 2 rings (SSSR count). The highest BCUT2D eigenvalue weighted by molar-refractivity contribution is 6.17. The van der Waals surface area contributed by atoms with Crippen LogP contribution in [0.3, 0.4) is 0 Å². The highest BCUT2D eigenvalue weighted by Crippen LogP contribution is 2.51. The molecular formula is C17H23ClO. The standard InChI is InChI=1S/C17H23ClO/c1-2-3-9-16-14-17(16,19-13-12-18)11-10-15-7-5-4-6-8-15/h4-8,10-11,16H,2-3,9,12-14H2,1H3/b11-10+/t16-,17+/m0/s1. The van der Waals surface area contributed by atoms with E-state index in [1.807, 2.05) is 6.07 Å². The van der Waals surface area contributed by atoms with Crippen molar-refractivity contribution in [3.63, 3.8) is 0 Å². The molecule has 1 saturated carbocycles. The lowest BCUT2D eigenvalue weighted by atomic mass is 10.1. The summed E-state index contributed by atoms with van der Waals surface area (Å²) in [6, 6.07) is 10.4. The van der Waals surface area contributed by atoms with Gasteiger partial charge in [-0.05, 0) is 24.3 Å². The summed E-state index contributed by atoms with van der Waals surface area (Å²) in [5, 5.41) is 0. The molecule has 1 aromatic carbocycles. The SMILES string of the molecule is CCCC[C@H]1C[C@@]1(/C=C/c1ccccc1)OCCCl. The minimum Gasteiger partial charge on any atom is -0.369 e. The summed E-state index contributed by atoms with van der Waals surface area (Å²) in [6.45, 7) is 2.88. The lowest BCUT2D eigenvalue weighted by molar-refractivity contribution is 0.0656. The second-order valence-electron chi connectivity index (χ2n) is 5.28. The summed E-state index contributed by atoms with van der Waals surface area (Å²) in [6.07, 6.45) is 9.38. The Balaban J connectivity index is 1.97. The molecule has 1 aliphatic carbocycles. The number of benzene rings is 1. The molecule has 0 unspecified atom stereocenters. The van der Waals surface area contributed by atoms with E-state index < -0.39 is 0 Å². The molecule has 1 aliphatic rings. The van der Waals surface area contributed by atoms with Gasteiger partial charge in [0.1, 0.15) is 0 Å². The summed E-state index contributed by atoms with van der Waals surface area (Å²) >= 11 is 5.76. The Morgan fingerprint density at radius 2 is 2.16 bits per heavy atom. The summed E-state index contributed by atoms with van der Waals surface area (Å²) in [7, 11) is 0. The molecule has 104 valence electrons. The lowest BCUT2D eigenvalue weighted by Crippen LogP contribution is -2.16. The van der Waals surface area contributed by atoms with Gasteiger partial charge in [-0.1, -0.05) is 62.2 Å². The predicted molar refractivity (Wildman–Crippen MR) is 82.5 cm³/mol. The normalized spacial score (nSPS) is 25.9. The van der Waals surface area contributed by atoms with Gasteiger partial charge in [-0.25, -0.2) is 0 Å². The van der Waals surface area contributed by atoms with Crippen LogP contribution >= 0.6 is 11.6 Å². The second kappa shape index (κ2) is 7.12. The van der Waals surface area contributed by atoms with Gasteiger partial charge in [0.25, 0.3) is 0 Å². The van der Waals surface area contributed by atoms with Crippen LogP contribution in [0.25, 0.3) is 6.08 Å². The Kier molecular flexibility index (Phi) is 5.47. The van der Waals surface area contributed by atoms with E-state index in [-0.39, 0.29) is 5.60 Å². The molecule has 0 spiro atoms. The van der Waals surface area contributed by atoms with Crippen LogP contribution in [-0.2, 0) is 4.74 Å². The lowest BCUT2D eigenvalue weighted by Gasteiger charge is -2.14. The van der Waals surface area contributed by atoms with Crippen LogP contribution in [0, 0.1) is 5.92 Å². The first-order valence-corrected chi connectivity index (χ1v) is 7.78. The molecule has 1 fully saturated rings. The van der Waals surface area contributed by atoms with E-state index >= 15 is 0 Å². The van der Waals surface area contributed by atoms with E-state index in [0.717, 1.165) is 6.42 Å². The van der Waals surface area contributed by atoms with Gasteiger partial charge in [0.15, 0.2) is 0 Å². The fourth-order valence-corrected chi connectivity index (χ4v) is 2.66. The van der Waals surface area contributed by atoms with Crippen molar-refractivity contribution < 1.29 is 4.74 Å². The molecule has 0 saturated heterocycles. The maximum Gasteiger partial charge on any atom is 0.0899 e. The van der Waals surface area contributed by atoms with E-state index in [1.165, 1.54) is 24.8 Å². The molecule has 19 heavy (non-hydrogen) atoms. The van der Waals surface area contributed by atoms with Crippen LogP contribution in [0.1, 0.15) is 38.2 Å². The predicted octanol–water partition coefficient (Wildman–Crippen LogP) is 4.90. The van der Waals surface area contributed by atoms with Crippen molar-refractivity contribution >= 4 is 17.7 Å². The Bertz CT molecular complexity index is 401. The van der Waals surface area contributed by atoms with Gasteiger partial charge < -0.3 is 4.74 Å². The van der Waals surface area contributed by atoms with Crippen LogP contribution in [0.4, 0.5) is 0 Å². The molecule has 1 aromatic rings. The summed E-state index contributed by atoms with van der Waals surface area (Å²) in [5.74, 6) is 1.25. The number of halogens is 1. The third-order valence-corrected chi connectivity index (χ3v) is 3.96. The first-order chi connectivity index (χ1) is 9.30. The highest BCUT2D eigenvalue weighted by Gasteiger charge is 2.52. The molecular weight excluding hydrogens is 256 g/mol. The minimum absolute atomic E-state index is 0.0418. The monoisotopic (exact) mass is 278 g/mol. The number of hydrogen-bond donors (Lipinski definition) is 0. The molecule has 1 nitrogen and oxygen atoms in total. The largest absolute Gasteiger partial charge is 0.369 e. The first kappa shape index (κ1) is 14.6. The zero-order chi connectivity index (χ0) is 13.6. The number of ether oxygens (including phenoxy) is 1. The molecule has 0 aliphatic heterocycles. The number of hydrogen-bond acceptors (Lipinski definition) is 1. The zero-order valence-electron chi connectivity index (χ0n) is 11.6. The molecule has 0 heterocycles. The average Bonchev–Trinajstić information content (AvgIpc) is 3.16. The Morgan fingerprint density at radius 1 is 1.37 bits per heavy atom. The summed E-state index contributed by atoms with van der Waals surface area (Å²) in [4.78, 5) is 0. The summed E-state index contributed by atoms with van der Waals surface area (Å²) < 4.78 is 6.00. The molecule has 2 heteroatoms. The molecule has 0 amide bonds. The van der Waals surface area contributed by atoms with Crippen molar-refractivity contribution in [3.05, 3.63) is 42.0 Å². The van der Waals surface area contributed by atoms with E-state index in [9.17, 15) is 0 Å². The van der Waals surface area contributed by atoms with Crippen molar-refractivity contribution in [3.8, 4) is 0 Å². The molecule has 2 atom stereocenters. The van der Waals surface area contributed by atoms with E-state index in [2.05, 4.69) is 43.3 Å². The third kappa shape index (κ3) is 4.09. The molecule has 0 aromatic heterocycles. The van der Waals surface area contributed by atoms with Gasteiger partial charge >= 0.3 is 0 Å². The van der Waals surface area contributed by atoms with Crippen molar-refractivity contribution in [1.29, 1.82) is 0 Å². The maximum absolute atomic E-state index is 6.00. The topological polar surface area (TPSA) is 9.23 Å². The van der Waals surface area contributed by atoms with Crippen LogP contribution in [0.15, 0.2) is 36.4 Å². The molecule has 0 N–H and O–H groups in total. The average molecular weight is 279 g/mol. The highest BCUT2D eigenvalue weighted by atomic mass is 35.5. The zero-order valence-corrected chi connectivity index (χ0v) is 12.4. The number of alkyl halides is 1. The van der Waals surface area contributed by atoms with Gasteiger partial charge in [0.05, 0.1) is 12.2 Å². The van der Waals surface area contributed by atoms with E-state index in [4.69, 9.17) is 16.3 Å². The van der Waals surface area contributed by atoms with Gasteiger partial charge in [0, 0.05) is 5.88 Å². The second-order valence-corrected chi connectivity index (χ2v) is 5.66. The van der Waals surface area contributed by atoms with E-state index in [0.29, 0.717) is 18.4 Å². The van der Waals surface area contributed by atoms with Crippen LogP contribution in [0.2, 0.25) is 0 Å². The number of rotatable bonds is 8. The van der Waals surface area contributed by atoms with Crippen LogP contribution in [0.5, 0.6) is 0 Å². The number of unbranched alkanes of at least 4 members (excludes halogenated alkanes) is 1. The van der Waals surface area contributed by atoms with Gasteiger partial charge in [-0.15, -0.1) is 11.6 Å². The Labute approximate surface area is 121 Å². The van der Waals surface area contributed by atoms with Crippen molar-refractivity contribution in [2.24, 2.45) is 5.92 Å². The quantitative estimate of drug-likeness (QED) is 0.614. The maximum atomic E-state index is 6.00. The Morgan fingerprint density at radius 3 is 2.84 bits per heavy atom. The minimum atomic E-state index is -0.0418. The molecule has 0 radical (unpaired) electrons. The first-order valence-electron chi connectivity index (χ1n) is 7.25. The van der Waals surface area contributed by atoms with Crippen molar-refractivity contribution in [1.82, 2.24) is 0 Å². The van der Waals surface area contributed by atoms with Crippen LogP contribution < -0.4 is 0 Å². The smallest absolute Gasteiger partial charge is 0.0899 e. The molecule has 0 bridgehead atoms. The fraction of sp³-hybridized carbons (Fsp3) is 0.529. The fourth-order valence-electron chi connectivity index (χ4n) is 2.58. The summed E-state index contributed by atoms with van der Waals surface area (Å²) in [5.41, 5.74) is 1.19. The Hall–Kier alpha value is -0.790. The van der Waals surface area contributed by atoms with Crippen LogP contribution in [-0.4, -0.2) is 18.1 Å². The van der Waals surface area contributed by atoms with Crippen molar-refractivity contribution in [2.45, 2.75) is 38.2 Å².